The molecular weight excluding hydrogens is 187 g/mol. The second-order valence-corrected chi connectivity index (χ2v) is 3.19. The van der Waals surface area contributed by atoms with Gasteiger partial charge in [-0.25, -0.2) is 4.59 Å². The standard InChI is InChI=1S/C6H15N2.BF4/c1-3-8(2)6-4-5-7-8;2-1(3,4)5/h7H,3-6H2,1-2H3;/q+1;-1. The average Bonchev–Trinajstić information content (AvgIpc) is 2.34. The number of hydrogen-bond acceptors (Lipinski definition) is 1. The lowest BCUT2D eigenvalue weighted by molar-refractivity contribution is -0.937. The van der Waals surface area contributed by atoms with E-state index in [9.17, 15) is 17.3 Å². The number of halogens is 4. The first-order valence-electron chi connectivity index (χ1n) is 4.24. The molecular formula is C6H15BF4N2. The van der Waals surface area contributed by atoms with Crippen LogP contribution in [0.5, 0.6) is 0 Å². The van der Waals surface area contributed by atoms with Crippen LogP contribution in [0.2, 0.25) is 0 Å². The SMILES string of the molecule is CC[N+]1(C)CCCN1.F[B-](F)(F)F. The van der Waals surface area contributed by atoms with Crippen LogP contribution in [-0.4, -0.2) is 38.5 Å². The molecule has 0 spiro atoms. The Labute approximate surface area is 75.6 Å². The topological polar surface area (TPSA) is 12.0 Å². The molecule has 1 unspecified atom stereocenters. The Kier molecular flexibility index (Phi) is 4.70. The highest BCUT2D eigenvalue weighted by Crippen LogP contribution is 2.06. The lowest BCUT2D eigenvalue weighted by Gasteiger charge is -2.25. The Morgan fingerprint density at radius 1 is 1.31 bits per heavy atom. The van der Waals surface area contributed by atoms with E-state index in [2.05, 4.69) is 19.4 Å². The number of nitrogens with zero attached hydrogens (tertiary/aromatic N) is 1. The van der Waals surface area contributed by atoms with Crippen LogP contribution in [0.1, 0.15) is 13.3 Å². The summed E-state index contributed by atoms with van der Waals surface area (Å²) in [7, 11) is -3.76. The van der Waals surface area contributed by atoms with Crippen LogP contribution < -0.4 is 5.43 Å². The van der Waals surface area contributed by atoms with Gasteiger partial charge in [0.05, 0.1) is 20.1 Å². The maximum Gasteiger partial charge on any atom is 0.673 e. The zero-order valence-corrected chi connectivity index (χ0v) is 7.86. The Hall–Kier alpha value is -0.295. The van der Waals surface area contributed by atoms with E-state index in [1.165, 1.54) is 26.1 Å². The first-order valence-corrected chi connectivity index (χ1v) is 4.24. The summed E-state index contributed by atoms with van der Waals surface area (Å²) in [5.74, 6) is 0. The third kappa shape index (κ3) is 8.05. The van der Waals surface area contributed by atoms with Crippen LogP contribution in [-0.2, 0) is 0 Å². The van der Waals surface area contributed by atoms with E-state index in [4.69, 9.17) is 0 Å². The molecule has 1 fully saturated rings. The largest absolute Gasteiger partial charge is 0.673 e. The summed E-state index contributed by atoms with van der Waals surface area (Å²) < 4.78 is 40.1. The van der Waals surface area contributed by atoms with E-state index in [0.717, 1.165) is 4.59 Å². The molecule has 0 saturated carbocycles. The summed E-state index contributed by atoms with van der Waals surface area (Å²) in [5, 5.41) is 0. The zero-order valence-electron chi connectivity index (χ0n) is 7.86. The smallest absolute Gasteiger partial charge is 0.418 e. The normalized spacial score (nSPS) is 28.2. The summed E-state index contributed by atoms with van der Waals surface area (Å²) in [6.45, 7) is 5.93. The molecule has 1 aliphatic rings. The van der Waals surface area contributed by atoms with Gasteiger partial charge in [-0.05, 0) is 6.92 Å². The monoisotopic (exact) mass is 202 g/mol. The fourth-order valence-electron chi connectivity index (χ4n) is 1.13. The number of nitrogens with one attached hydrogen (secondary N) is 1. The molecule has 0 aromatic rings. The van der Waals surface area contributed by atoms with Gasteiger partial charge in [-0.3, -0.25) is 0 Å². The summed E-state index contributed by atoms with van der Waals surface area (Å²) in [4.78, 5) is 0. The maximum absolute atomic E-state index is 9.75. The lowest BCUT2D eigenvalue weighted by Crippen LogP contribution is -2.49. The third-order valence-electron chi connectivity index (χ3n) is 2.02. The fourth-order valence-corrected chi connectivity index (χ4v) is 1.13. The first kappa shape index (κ1) is 12.7. The van der Waals surface area contributed by atoms with Crippen molar-refractivity contribution in [1.29, 1.82) is 0 Å². The van der Waals surface area contributed by atoms with Crippen molar-refractivity contribution in [2.24, 2.45) is 0 Å². The van der Waals surface area contributed by atoms with E-state index < -0.39 is 7.25 Å². The zero-order chi connectivity index (χ0) is 10.5. The van der Waals surface area contributed by atoms with Crippen LogP contribution in [0.4, 0.5) is 17.3 Å². The van der Waals surface area contributed by atoms with Gasteiger partial charge in [-0.1, -0.05) is 0 Å². The molecule has 0 bridgehead atoms. The van der Waals surface area contributed by atoms with Crippen molar-refractivity contribution >= 4 is 7.25 Å². The Balaban J connectivity index is 0.000000252. The molecule has 0 amide bonds. The van der Waals surface area contributed by atoms with E-state index in [-0.39, 0.29) is 0 Å². The first-order chi connectivity index (χ1) is 5.77. The molecule has 7 heteroatoms. The van der Waals surface area contributed by atoms with Crippen molar-refractivity contribution in [3.63, 3.8) is 0 Å². The van der Waals surface area contributed by atoms with E-state index >= 15 is 0 Å². The van der Waals surface area contributed by atoms with Gasteiger partial charge in [0.15, 0.2) is 0 Å². The fraction of sp³-hybridized carbons (Fsp3) is 1.00. The van der Waals surface area contributed by atoms with Crippen molar-refractivity contribution in [1.82, 2.24) is 5.43 Å². The molecule has 2 nitrogen and oxygen atoms in total. The molecule has 0 aromatic heterocycles. The molecule has 13 heavy (non-hydrogen) atoms. The predicted octanol–water partition coefficient (Wildman–Crippen LogP) is 1.66. The van der Waals surface area contributed by atoms with Gasteiger partial charge in [0, 0.05) is 13.0 Å². The summed E-state index contributed by atoms with van der Waals surface area (Å²) in [5.41, 5.74) is 3.42. The van der Waals surface area contributed by atoms with E-state index in [1.807, 2.05) is 0 Å². The molecule has 80 valence electrons. The van der Waals surface area contributed by atoms with Crippen LogP contribution in [0.15, 0.2) is 0 Å². The van der Waals surface area contributed by atoms with E-state index in [0.29, 0.717) is 0 Å². The minimum absolute atomic E-state index is 1.07. The molecule has 1 rings (SSSR count). The second kappa shape index (κ2) is 4.81. The quantitative estimate of drug-likeness (QED) is 0.387. The molecule has 1 saturated heterocycles. The highest BCUT2D eigenvalue weighted by atomic mass is 19.5. The Bertz CT molecular complexity index is 138. The number of hydrogen-bond donors (Lipinski definition) is 1. The predicted molar refractivity (Wildman–Crippen MR) is 44.4 cm³/mol. The van der Waals surface area contributed by atoms with Gasteiger partial charge in [0.25, 0.3) is 0 Å². The van der Waals surface area contributed by atoms with Crippen LogP contribution in [0.25, 0.3) is 0 Å². The number of rotatable bonds is 1. The maximum atomic E-state index is 9.75. The van der Waals surface area contributed by atoms with Gasteiger partial charge in [-0.2, -0.15) is 5.43 Å². The Morgan fingerprint density at radius 3 is 1.92 bits per heavy atom. The molecule has 0 aliphatic carbocycles. The van der Waals surface area contributed by atoms with Crippen LogP contribution >= 0.6 is 0 Å². The van der Waals surface area contributed by atoms with Gasteiger partial charge in [-0.15, -0.1) is 0 Å². The third-order valence-corrected chi connectivity index (χ3v) is 2.02. The number of quaternary nitrogens is 1. The molecule has 0 aromatic carbocycles. The van der Waals surface area contributed by atoms with Gasteiger partial charge in [0.1, 0.15) is 0 Å². The molecule has 1 heterocycles. The lowest BCUT2D eigenvalue weighted by atomic mass is 10.3. The van der Waals surface area contributed by atoms with Crippen molar-refractivity contribution in [3.05, 3.63) is 0 Å². The molecule has 1 atom stereocenters. The minimum Gasteiger partial charge on any atom is -0.418 e. The summed E-state index contributed by atoms with van der Waals surface area (Å²) in [6, 6.07) is 0. The van der Waals surface area contributed by atoms with Crippen LogP contribution in [0, 0.1) is 0 Å². The van der Waals surface area contributed by atoms with Crippen molar-refractivity contribution in [2.75, 3.05) is 26.7 Å². The Morgan fingerprint density at radius 2 is 1.77 bits per heavy atom. The van der Waals surface area contributed by atoms with Crippen molar-refractivity contribution < 1.29 is 21.9 Å². The van der Waals surface area contributed by atoms with Crippen molar-refractivity contribution in [3.8, 4) is 0 Å². The summed E-state index contributed by atoms with van der Waals surface area (Å²) >= 11 is 0. The molecule has 1 aliphatic heterocycles. The summed E-state index contributed by atoms with van der Waals surface area (Å²) in [6.07, 6.45) is 1.34. The van der Waals surface area contributed by atoms with Gasteiger partial charge < -0.3 is 17.3 Å². The minimum atomic E-state index is -6.00. The van der Waals surface area contributed by atoms with Crippen LogP contribution in [0.3, 0.4) is 0 Å². The second-order valence-electron chi connectivity index (χ2n) is 3.19. The van der Waals surface area contributed by atoms with Gasteiger partial charge >= 0.3 is 7.25 Å². The average molecular weight is 202 g/mol. The highest BCUT2D eigenvalue weighted by molar-refractivity contribution is 6.50. The van der Waals surface area contributed by atoms with Gasteiger partial charge in [0.2, 0.25) is 0 Å². The molecule has 1 N–H and O–H groups in total. The highest BCUT2D eigenvalue weighted by Gasteiger charge is 2.23. The van der Waals surface area contributed by atoms with Crippen molar-refractivity contribution in [2.45, 2.75) is 13.3 Å². The van der Waals surface area contributed by atoms with E-state index in [1.54, 1.807) is 0 Å². The molecule has 0 radical (unpaired) electrons.